The van der Waals surface area contributed by atoms with Crippen molar-refractivity contribution in [3.05, 3.63) is 0 Å². The van der Waals surface area contributed by atoms with Crippen LogP contribution in [0, 0.1) is 0 Å². The van der Waals surface area contributed by atoms with Gasteiger partial charge < -0.3 is 9.47 Å². The lowest BCUT2D eigenvalue weighted by atomic mass is 9.80. The third-order valence-electron chi connectivity index (χ3n) is 4.96. The molecule has 0 aliphatic carbocycles. The van der Waals surface area contributed by atoms with Gasteiger partial charge in [0.1, 0.15) is 0 Å². The molecular weight excluding hydrogens is 437 g/mol. The van der Waals surface area contributed by atoms with Crippen molar-refractivity contribution >= 4 is 0 Å². The Balaban J connectivity index is 2.64. The molecule has 0 amide bonds. The molecule has 0 bridgehead atoms. The topological polar surface area (TPSA) is 41.6 Å². The van der Waals surface area contributed by atoms with Crippen molar-refractivity contribution in [1.29, 1.82) is 0 Å². The number of hydroxylamine groups is 2. The number of piperidine rings is 1. The Morgan fingerprint density at radius 3 is 1.50 bits per heavy atom. The number of rotatable bonds is 7. The van der Waals surface area contributed by atoms with Crippen molar-refractivity contribution < 1.29 is 54.2 Å². The summed E-state index contributed by atoms with van der Waals surface area (Å²) >= 11 is 0. The fourth-order valence-corrected chi connectivity index (χ4v) is 3.70. The maximum Gasteiger partial charge on any atom is 0.435 e. The first-order valence-electron chi connectivity index (χ1n) is 9.12. The van der Waals surface area contributed by atoms with E-state index in [0.717, 1.165) is 5.06 Å². The zero-order valence-electron chi connectivity index (χ0n) is 16.9. The highest BCUT2D eigenvalue weighted by Gasteiger charge is 2.85. The first-order valence-corrected chi connectivity index (χ1v) is 9.12. The summed E-state index contributed by atoms with van der Waals surface area (Å²) in [6, 6.07) is 0. The molecule has 1 rings (SSSR count). The second-order valence-corrected chi connectivity index (χ2v) is 8.55. The third kappa shape index (κ3) is 5.52. The average Bonchev–Trinajstić information content (AvgIpc) is 2.47. The Morgan fingerprint density at radius 1 is 0.767 bits per heavy atom. The van der Waals surface area contributed by atoms with Crippen molar-refractivity contribution in [3.63, 3.8) is 0 Å². The van der Waals surface area contributed by atoms with Crippen molar-refractivity contribution in [1.82, 2.24) is 5.06 Å². The van der Waals surface area contributed by atoms with E-state index in [2.05, 4.69) is 4.74 Å². The predicted octanol–water partition coefficient (Wildman–Crippen LogP) is 5.59. The fourth-order valence-electron chi connectivity index (χ4n) is 3.70. The molecule has 1 heterocycles. The molecule has 13 heteroatoms. The molecule has 1 saturated heterocycles. The van der Waals surface area contributed by atoms with Gasteiger partial charge in [-0.3, -0.25) is 0 Å². The highest BCUT2D eigenvalue weighted by Crippen LogP contribution is 2.54. The van der Waals surface area contributed by atoms with E-state index < -0.39 is 48.2 Å². The van der Waals surface area contributed by atoms with E-state index in [-0.39, 0.29) is 19.1 Å². The molecule has 0 aromatic carbocycles. The number of hydrogen-bond acceptors (Lipinski definition) is 3. The number of alkyl halides is 9. The van der Waals surface area contributed by atoms with Gasteiger partial charge >= 0.3 is 24.1 Å². The molecule has 0 aromatic rings. The van der Waals surface area contributed by atoms with Crippen molar-refractivity contribution in [2.24, 2.45) is 0 Å². The monoisotopic (exact) mass is 462 g/mol. The maximum atomic E-state index is 12.7. The molecule has 0 spiro atoms. The van der Waals surface area contributed by atoms with Crippen LogP contribution < -0.4 is 0 Å². The normalized spacial score (nSPS) is 21.8. The van der Waals surface area contributed by atoms with Gasteiger partial charge in [-0.1, -0.05) is 0 Å². The second-order valence-electron chi connectivity index (χ2n) is 8.55. The molecular formula is C17H25F9NO3. The lowest BCUT2D eigenvalue weighted by molar-refractivity contribution is -0.457. The Morgan fingerprint density at radius 2 is 1.13 bits per heavy atom. The molecule has 179 valence electrons. The Bertz CT molecular complexity index is 516. The summed E-state index contributed by atoms with van der Waals surface area (Å²) < 4.78 is 124. The number of hydrogen-bond donors (Lipinski definition) is 0. The van der Waals surface area contributed by atoms with Gasteiger partial charge in [0.2, 0.25) is 0 Å². The van der Waals surface area contributed by atoms with E-state index in [1.54, 1.807) is 27.7 Å². The van der Waals surface area contributed by atoms with Crippen LogP contribution in [0.3, 0.4) is 0 Å². The highest BCUT2D eigenvalue weighted by atomic mass is 19.4. The minimum absolute atomic E-state index is 0.115. The van der Waals surface area contributed by atoms with Crippen molar-refractivity contribution in [3.8, 4) is 0 Å². The minimum atomic E-state index is -6.73. The summed E-state index contributed by atoms with van der Waals surface area (Å²) in [4.78, 5) is 0. The molecule has 30 heavy (non-hydrogen) atoms. The van der Waals surface area contributed by atoms with Crippen LogP contribution in [0.1, 0.15) is 53.4 Å². The van der Waals surface area contributed by atoms with E-state index in [1.807, 2.05) is 0 Å². The minimum Gasteiger partial charge on any atom is -0.378 e. The van der Waals surface area contributed by atoms with Crippen LogP contribution in [0.5, 0.6) is 0 Å². The first kappa shape index (κ1) is 27.2. The standard InChI is InChI=1S/C17H25F9NO3/c1-12(2)9-11(10-13(3,4)27(12)28)29-7-5-6-8-30-14(15(18,19)20,16(21,22)23)17(24,25)26/h11H,5-10H2,1-4H3. The fraction of sp³-hybridized carbons (Fsp3) is 1.00. The summed E-state index contributed by atoms with van der Waals surface area (Å²) in [5.74, 6) is 0. The molecule has 0 saturated carbocycles. The molecule has 1 aliphatic rings. The summed E-state index contributed by atoms with van der Waals surface area (Å²) in [7, 11) is 0. The lowest BCUT2D eigenvalue weighted by Crippen LogP contribution is -2.67. The van der Waals surface area contributed by atoms with Crippen LogP contribution in [0.4, 0.5) is 39.5 Å². The average molecular weight is 462 g/mol. The van der Waals surface area contributed by atoms with Gasteiger partial charge in [-0.15, -0.1) is 10.3 Å². The Hall–Kier alpha value is -0.790. The van der Waals surface area contributed by atoms with Crippen LogP contribution in [-0.4, -0.2) is 59.6 Å². The SMILES string of the molecule is CC1(C)CC(OCCCCOC(C(F)(F)F)(C(F)(F)F)C(F)(F)F)CC(C)(C)N1[O]. The van der Waals surface area contributed by atoms with Crippen molar-refractivity contribution in [2.75, 3.05) is 13.2 Å². The van der Waals surface area contributed by atoms with E-state index >= 15 is 0 Å². The van der Waals surface area contributed by atoms with Crippen molar-refractivity contribution in [2.45, 2.75) is 94.7 Å². The van der Waals surface area contributed by atoms with Gasteiger partial charge in [0.05, 0.1) is 6.10 Å². The van der Waals surface area contributed by atoms with Crippen LogP contribution in [-0.2, 0) is 14.7 Å². The van der Waals surface area contributed by atoms with Crippen LogP contribution in [0.15, 0.2) is 0 Å². The van der Waals surface area contributed by atoms with E-state index in [0.29, 0.717) is 12.8 Å². The summed E-state index contributed by atoms with van der Waals surface area (Å²) in [5, 5.41) is 13.2. The molecule has 0 aromatic heterocycles. The zero-order valence-corrected chi connectivity index (χ0v) is 16.9. The van der Waals surface area contributed by atoms with Gasteiger partial charge in [0.15, 0.2) is 0 Å². The molecule has 0 atom stereocenters. The van der Waals surface area contributed by atoms with Gasteiger partial charge in [-0.2, -0.15) is 39.5 Å². The largest absolute Gasteiger partial charge is 0.435 e. The number of ether oxygens (including phenoxy) is 2. The zero-order chi connectivity index (χ0) is 23.8. The molecule has 1 radical (unpaired) electrons. The number of halogens is 9. The van der Waals surface area contributed by atoms with Crippen LogP contribution >= 0.6 is 0 Å². The molecule has 1 fully saturated rings. The highest BCUT2D eigenvalue weighted by molar-refractivity contribution is 5.02. The van der Waals surface area contributed by atoms with Crippen LogP contribution in [0.2, 0.25) is 0 Å². The molecule has 0 N–H and O–H groups in total. The van der Waals surface area contributed by atoms with Crippen LogP contribution in [0.25, 0.3) is 0 Å². The third-order valence-corrected chi connectivity index (χ3v) is 4.96. The van der Waals surface area contributed by atoms with Gasteiger partial charge in [0, 0.05) is 24.3 Å². The quantitative estimate of drug-likeness (QED) is 0.366. The van der Waals surface area contributed by atoms with Gasteiger partial charge in [0.25, 0.3) is 0 Å². The molecule has 1 aliphatic heterocycles. The maximum absolute atomic E-state index is 12.7. The lowest BCUT2D eigenvalue weighted by Gasteiger charge is -2.49. The van der Waals surface area contributed by atoms with E-state index in [4.69, 9.17) is 4.74 Å². The van der Waals surface area contributed by atoms with Gasteiger partial charge in [-0.25, -0.2) is 0 Å². The summed E-state index contributed by atoms with van der Waals surface area (Å²) in [5.41, 5.74) is -7.74. The number of unbranched alkanes of at least 4 members (excludes halogenated alkanes) is 1. The van der Waals surface area contributed by atoms with E-state index in [9.17, 15) is 44.7 Å². The summed E-state index contributed by atoms with van der Waals surface area (Å²) in [6.45, 7) is 5.28. The first-order chi connectivity index (χ1) is 13.2. The van der Waals surface area contributed by atoms with Gasteiger partial charge in [-0.05, 0) is 53.4 Å². The smallest absolute Gasteiger partial charge is 0.378 e. The molecule has 0 unspecified atom stereocenters. The Kier molecular flexibility index (Phi) is 7.83. The second kappa shape index (κ2) is 8.62. The predicted molar refractivity (Wildman–Crippen MR) is 85.7 cm³/mol. The molecule has 4 nitrogen and oxygen atoms in total. The Labute approximate surface area is 168 Å². The summed E-state index contributed by atoms with van der Waals surface area (Å²) in [6.07, 6.45) is -20.5. The van der Waals surface area contributed by atoms with E-state index in [1.165, 1.54) is 0 Å². The number of nitrogens with zero attached hydrogens (tertiary/aromatic N) is 1.